The molecule has 2 aliphatic heterocycles. The molecule has 0 saturated carbocycles. The van der Waals surface area contributed by atoms with Gasteiger partial charge in [0.2, 0.25) is 0 Å². The van der Waals surface area contributed by atoms with Crippen LogP contribution in [0.15, 0.2) is 59.8 Å². The zero-order valence-electron chi connectivity index (χ0n) is 17.8. The number of nitrogens with zero attached hydrogens (tertiary/aromatic N) is 3. The molecule has 2 aliphatic rings. The largest absolute Gasteiger partial charge is 0.381 e. The molecule has 33 heavy (non-hydrogen) atoms. The van der Waals surface area contributed by atoms with E-state index in [0.29, 0.717) is 28.4 Å². The van der Waals surface area contributed by atoms with E-state index in [1.54, 1.807) is 22.8 Å². The lowest BCUT2D eigenvalue weighted by atomic mass is 10.0. The van der Waals surface area contributed by atoms with Gasteiger partial charge in [-0.25, -0.2) is 4.98 Å². The third-order valence-electron chi connectivity index (χ3n) is 6.77. The van der Waals surface area contributed by atoms with Gasteiger partial charge in [0.25, 0.3) is 5.56 Å². The fourth-order valence-electron chi connectivity index (χ4n) is 4.94. The van der Waals surface area contributed by atoms with Crippen LogP contribution in [-0.4, -0.2) is 40.8 Å². The number of hydrogen-bond acceptors (Lipinski definition) is 4. The topological polar surface area (TPSA) is 63.1 Å². The van der Waals surface area contributed by atoms with Crippen LogP contribution in [0.3, 0.4) is 0 Å². The molecule has 6 rings (SSSR count). The molecule has 2 atom stereocenters. The lowest BCUT2D eigenvalue weighted by Crippen LogP contribution is -2.22. The van der Waals surface area contributed by atoms with Crippen molar-refractivity contribution in [2.45, 2.75) is 6.54 Å². The molecule has 2 unspecified atom stereocenters. The van der Waals surface area contributed by atoms with E-state index in [1.807, 2.05) is 30.7 Å². The van der Waals surface area contributed by atoms with Crippen LogP contribution in [0.2, 0.25) is 10.0 Å². The van der Waals surface area contributed by atoms with Gasteiger partial charge in [0, 0.05) is 54.3 Å². The second-order valence-corrected chi connectivity index (χ2v) is 9.70. The molecule has 0 radical (unpaired) electrons. The Morgan fingerprint density at radius 2 is 1.88 bits per heavy atom. The highest BCUT2D eigenvalue weighted by Gasteiger charge is 2.37. The number of aromatic nitrogens is 3. The number of halogens is 2. The molecule has 3 aromatic heterocycles. The number of H-pyrrole nitrogens is 1. The molecule has 5 heterocycles. The standard InChI is InChI=1S/C25H22Cl2N4O2/c26-22-2-1-15(5-23(22)27)10-30-4-3-16(6-24(30)32)21-9-29-25-20(21)7-19(8-28-25)31-11-17-13-33-14-18(17)12-31/h1-9,17-18H,10-14H2,(H,28,29). The number of benzene rings is 1. The van der Waals surface area contributed by atoms with Crippen molar-refractivity contribution < 1.29 is 4.74 Å². The highest BCUT2D eigenvalue weighted by atomic mass is 35.5. The Hall–Kier alpha value is -2.80. The van der Waals surface area contributed by atoms with Crippen LogP contribution in [-0.2, 0) is 11.3 Å². The van der Waals surface area contributed by atoms with Gasteiger partial charge in [0.15, 0.2) is 0 Å². The fraction of sp³-hybridized carbons (Fsp3) is 0.280. The third kappa shape index (κ3) is 3.82. The minimum Gasteiger partial charge on any atom is -0.381 e. The van der Waals surface area contributed by atoms with Crippen molar-refractivity contribution >= 4 is 39.9 Å². The lowest BCUT2D eigenvalue weighted by Gasteiger charge is -2.19. The first-order chi connectivity index (χ1) is 16.0. The second kappa shape index (κ2) is 8.20. The summed E-state index contributed by atoms with van der Waals surface area (Å²) in [7, 11) is 0. The van der Waals surface area contributed by atoms with Crippen LogP contribution in [0.1, 0.15) is 5.56 Å². The highest BCUT2D eigenvalue weighted by Crippen LogP contribution is 2.35. The number of aromatic amines is 1. The van der Waals surface area contributed by atoms with Gasteiger partial charge in [-0.3, -0.25) is 4.79 Å². The van der Waals surface area contributed by atoms with E-state index in [9.17, 15) is 4.79 Å². The van der Waals surface area contributed by atoms with Crippen LogP contribution in [0.5, 0.6) is 0 Å². The molecule has 2 saturated heterocycles. The molecule has 4 aromatic rings. The van der Waals surface area contributed by atoms with Crippen molar-refractivity contribution in [1.82, 2.24) is 14.5 Å². The summed E-state index contributed by atoms with van der Waals surface area (Å²) in [6.45, 7) is 4.14. The maximum absolute atomic E-state index is 12.9. The zero-order valence-corrected chi connectivity index (χ0v) is 19.3. The van der Waals surface area contributed by atoms with Gasteiger partial charge in [-0.05, 0) is 35.4 Å². The molecule has 0 aliphatic carbocycles. The number of hydrogen-bond donors (Lipinski definition) is 1. The normalized spacial score (nSPS) is 20.0. The summed E-state index contributed by atoms with van der Waals surface area (Å²) in [6, 6.07) is 11.2. The van der Waals surface area contributed by atoms with E-state index in [-0.39, 0.29) is 5.56 Å². The Labute approximate surface area is 200 Å². The Balaban J connectivity index is 1.30. The quantitative estimate of drug-likeness (QED) is 0.454. The number of pyridine rings is 2. The number of ether oxygens (including phenoxy) is 1. The van der Waals surface area contributed by atoms with Crippen molar-refractivity contribution in [1.29, 1.82) is 0 Å². The Morgan fingerprint density at radius 1 is 1.06 bits per heavy atom. The van der Waals surface area contributed by atoms with Crippen LogP contribution < -0.4 is 10.5 Å². The predicted octanol–water partition coefficient (Wildman–Crippen LogP) is 4.83. The number of rotatable bonds is 4. The smallest absolute Gasteiger partial charge is 0.251 e. The molecule has 2 fully saturated rings. The molecule has 0 amide bonds. The average molecular weight is 481 g/mol. The van der Waals surface area contributed by atoms with Crippen LogP contribution in [0, 0.1) is 11.8 Å². The van der Waals surface area contributed by atoms with E-state index in [0.717, 1.165) is 59.7 Å². The van der Waals surface area contributed by atoms with Crippen LogP contribution in [0.25, 0.3) is 22.2 Å². The van der Waals surface area contributed by atoms with Crippen LogP contribution >= 0.6 is 23.2 Å². The van der Waals surface area contributed by atoms with Crippen molar-refractivity contribution in [2.75, 3.05) is 31.2 Å². The van der Waals surface area contributed by atoms with Crippen molar-refractivity contribution in [2.24, 2.45) is 11.8 Å². The van der Waals surface area contributed by atoms with Gasteiger partial charge in [-0.15, -0.1) is 0 Å². The summed E-state index contributed by atoms with van der Waals surface area (Å²) in [5.41, 5.74) is 4.61. The summed E-state index contributed by atoms with van der Waals surface area (Å²) in [6.07, 6.45) is 5.67. The molecule has 0 spiro atoms. The van der Waals surface area contributed by atoms with Gasteiger partial charge >= 0.3 is 0 Å². The summed E-state index contributed by atoms with van der Waals surface area (Å²) in [4.78, 5) is 23.2. The maximum Gasteiger partial charge on any atom is 0.251 e. The predicted molar refractivity (Wildman–Crippen MR) is 131 cm³/mol. The third-order valence-corrected chi connectivity index (χ3v) is 7.51. The summed E-state index contributed by atoms with van der Waals surface area (Å²) < 4.78 is 7.27. The summed E-state index contributed by atoms with van der Waals surface area (Å²) >= 11 is 12.1. The molecule has 168 valence electrons. The van der Waals surface area contributed by atoms with Crippen molar-refractivity contribution in [3.05, 3.63) is 81.0 Å². The second-order valence-electron chi connectivity index (χ2n) is 8.88. The number of anilines is 1. The van der Waals surface area contributed by atoms with E-state index < -0.39 is 0 Å². The zero-order chi connectivity index (χ0) is 22.5. The minimum absolute atomic E-state index is 0.0793. The monoisotopic (exact) mass is 480 g/mol. The Morgan fingerprint density at radius 3 is 2.64 bits per heavy atom. The van der Waals surface area contributed by atoms with Gasteiger partial charge in [-0.2, -0.15) is 0 Å². The molecule has 1 aromatic carbocycles. The Bertz CT molecular complexity index is 1400. The first kappa shape index (κ1) is 20.8. The van der Waals surface area contributed by atoms with E-state index in [4.69, 9.17) is 27.9 Å². The molecule has 0 bridgehead atoms. The average Bonchev–Trinajstić information content (AvgIpc) is 3.52. The van der Waals surface area contributed by atoms with E-state index >= 15 is 0 Å². The number of nitrogens with one attached hydrogen (secondary N) is 1. The summed E-state index contributed by atoms with van der Waals surface area (Å²) in [5.74, 6) is 1.21. The van der Waals surface area contributed by atoms with Crippen LogP contribution in [0.4, 0.5) is 5.69 Å². The highest BCUT2D eigenvalue weighted by molar-refractivity contribution is 6.42. The van der Waals surface area contributed by atoms with E-state index in [2.05, 4.69) is 20.9 Å². The summed E-state index contributed by atoms with van der Waals surface area (Å²) in [5, 5.41) is 2.00. The molecule has 8 heteroatoms. The molecule has 1 N–H and O–H groups in total. The van der Waals surface area contributed by atoms with Crippen molar-refractivity contribution in [3.8, 4) is 11.1 Å². The first-order valence-electron chi connectivity index (χ1n) is 11.0. The molecular weight excluding hydrogens is 459 g/mol. The maximum atomic E-state index is 12.9. The lowest BCUT2D eigenvalue weighted by molar-refractivity contribution is 0.177. The van der Waals surface area contributed by atoms with Gasteiger partial charge in [0.05, 0.1) is 41.7 Å². The number of fused-ring (bicyclic) bond motifs is 2. The Kier molecular flexibility index (Phi) is 5.17. The SMILES string of the molecule is O=c1cc(-c2c[nH]c3ncc(N4CC5COCC5C4)cc23)ccn1Cc1ccc(Cl)c(Cl)c1. The van der Waals surface area contributed by atoms with Gasteiger partial charge in [0.1, 0.15) is 5.65 Å². The molecular formula is C25H22Cl2N4O2. The van der Waals surface area contributed by atoms with E-state index in [1.165, 1.54) is 0 Å². The minimum atomic E-state index is -0.0793. The van der Waals surface area contributed by atoms with Gasteiger partial charge in [-0.1, -0.05) is 29.3 Å². The van der Waals surface area contributed by atoms with Crippen molar-refractivity contribution in [3.63, 3.8) is 0 Å². The van der Waals surface area contributed by atoms with Gasteiger partial charge < -0.3 is 19.2 Å². The fourth-order valence-corrected chi connectivity index (χ4v) is 5.26. The molecule has 6 nitrogen and oxygen atoms in total. The first-order valence-corrected chi connectivity index (χ1v) is 11.8.